The normalized spacial score (nSPS) is 10.1. The van der Waals surface area contributed by atoms with Gasteiger partial charge in [0.25, 0.3) is 0 Å². The van der Waals surface area contributed by atoms with Crippen LogP contribution in [0, 0.1) is 0 Å². The molecule has 0 aromatic carbocycles. The highest BCUT2D eigenvalue weighted by molar-refractivity contribution is 7.79. The van der Waals surface area contributed by atoms with Crippen LogP contribution in [-0.2, 0) is 15.2 Å². The average Bonchev–Trinajstić information content (AvgIpc) is 2.00. The van der Waals surface area contributed by atoms with E-state index in [-0.39, 0.29) is 5.91 Å². The minimum Gasteiger partial charge on any atom is -0.366 e. The number of allylic oxidation sites excluding steroid dienone is 1. The molecular formula is C8H18N2O5S. The topological polar surface area (TPSA) is 144 Å². The van der Waals surface area contributed by atoms with E-state index in [1.54, 1.807) is 0 Å². The molecule has 0 rings (SSSR count). The number of primary amides is 1. The van der Waals surface area contributed by atoms with Gasteiger partial charge in [-0.05, 0) is 33.2 Å². The molecule has 0 heterocycles. The summed E-state index contributed by atoms with van der Waals surface area (Å²) in [7, 11) is -4.67. The van der Waals surface area contributed by atoms with Gasteiger partial charge in [-0.2, -0.15) is 8.42 Å². The number of nitrogens with two attached hydrogens (primary N) is 2. The third kappa shape index (κ3) is 15.5. The molecule has 0 bridgehead atoms. The molecule has 8 heteroatoms. The van der Waals surface area contributed by atoms with Gasteiger partial charge in [0, 0.05) is 5.57 Å². The molecule has 0 aliphatic heterocycles. The maximum Gasteiger partial charge on any atom is 0.394 e. The molecule has 0 unspecified atom stereocenters. The summed E-state index contributed by atoms with van der Waals surface area (Å²) in [6, 6.07) is 0. The van der Waals surface area contributed by atoms with E-state index in [2.05, 4.69) is 0 Å². The second kappa shape index (κ2) is 8.22. The first-order chi connectivity index (χ1) is 7.09. The highest BCUT2D eigenvalue weighted by Gasteiger charge is 2.04. The predicted molar refractivity (Wildman–Crippen MR) is 60.0 cm³/mol. The van der Waals surface area contributed by atoms with E-state index >= 15 is 0 Å². The first-order valence-corrected chi connectivity index (χ1v) is 5.85. The van der Waals surface area contributed by atoms with Crippen LogP contribution >= 0.6 is 0 Å². The second-order valence-corrected chi connectivity index (χ2v) is 4.08. The van der Waals surface area contributed by atoms with Crippen molar-refractivity contribution in [1.29, 1.82) is 0 Å². The summed E-state index contributed by atoms with van der Waals surface area (Å²) in [6.45, 7) is 4.37. The molecule has 0 saturated carbocycles. The zero-order chi connectivity index (χ0) is 13.4. The van der Waals surface area contributed by atoms with Crippen molar-refractivity contribution < 1.29 is 22.3 Å². The summed E-state index contributed by atoms with van der Waals surface area (Å²) >= 11 is 0. The molecule has 0 aromatic heterocycles. The summed E-state index contributed by atoms with van der Waals surface area (Å²) < 4.78 is 31.6. The van der Waals surface area contributed by atoms with Crippen molar-refractivity contribution >= 4 is 16.3 Å². The highest BCUT2D eigenvalue weighted by Crippen LogP contribution is 2.08. The molecule has 0 aromatic rings. The van der Waals surface area contributed by atoms with Crippen molar-refractivity contribution in [2.24, 2.45) is 11.5 Å². The van der Waals surface area contributed by atoms with Crippen LogP contribution in [0.1, 0.15) is 26.7 Å². The van der Waals surface area contributed by atoms with Gasteiger partial charge in [0.05, 0.1) is 0 Å². The molecule has 0 atom stereocenters. The molecule has 16 heavy (non-hydrogen) atoms. The monoisotopic (exact) mass is 254 g/mol. The maximum absolute atomic E-state index is 10.8. The van der Waals surface area contributed by atoms with Crippen LogP contribution in [0.4, 0.5) is 0 Å². The molecule has 0 aliphatic carbocycles. The van der Waals surface area contributed by atoms with E-state index < -0.39 is 10.4 Å². The van der Waals surface area contributed by atoms with Gasteiger partial charge in [-0.15, -0.1) is 0 Å². The minimum atomic E-state index is -4.67. The summed E-state index contributed by atoms with van der Waals surface area (Å²) in [5.74, 6) is -0.321. The summed E-state index contributed by atoms with van der Waals surface area (Å²) in [6.07, 6.45) is 1.53. The molecule has 96 valence electrons. The van der Waals surface area contributed by atoms with Gasteiger partial charge < -0.3 is 11.5 Å². The Morgan fingerprint density at radius 2 is 1.62 bits per heavy atom. The molecule has 7 nitrogen and oxygen atoms in total. The number of hydrogen-bond acceptors (Lipinski definition) is 4. The van der Waals surface area contributed by atoms with Crippen LogP contribution in [0.3, 0.4) is 0 Å². The molecule has 0 radical (unpaired) electrons. The largest absolute Gasteiger partial charge is 0.394 e. The number of carbonyl (C=O) groups excluding carboxylic acids is 1. The van der Waals surface area contributed by atoms with Crippen molar-refractivity contribution in [2.45, 2.75) is 26.7 Å². The quantitative estimate of drug-likeness (QED) is 0.407. The fourth-order valence-electron chi connectivity index (χ4n) is 0.898. The molecule has 6 N–H and O–H groups in total. The number of amides is 1. The van der Waals surface area contributed by atoms with Gasteiger partial charge in [0.1, 0.15) is 0 Å². The van der Waals surface area contributed by atoms with E-state index in [4.69, 9.17) is 29.0 Å². The summed E-state index contributed by atoms with van der Waals surface area (Å²) in [5.41, 5.74) is 12.2. The minimum absolute atomic E-state index is 0.321. The van der Waals surface area contributed by atoms with E-state index in [9.17, 15) is 4.79 Å². The molecule has 0 aliphatic rings. The Labute approximate surface area is 95.1 Å². The van der Waals surface area contributed by atoms with Crippen LogP contribution in [0.25, 0.3) is 0 Å². The number of rotatable bonds is 4. The van der Waals surface area contributed by atoms with E-state index in [0.717, 1.165) is 17.6 Å². The highest BCUT2D eigenvalue weighted by atomic mass is 32.3. The van der Waals surface area contributed by atoms with Crippen molar-refractivity contribution in [3.63, 3.8) is 0 Å². The SMILES string of the molecule is CC(C)=C(CCCN)C(N)=O.O=S(=O)(O)O. The van der Waals surface area contributed by atoms with E-state index in [1.165, 1.54) is 0 Å². The van der Waals surface area contributed by atoms with Crippen LogP contribution in [0.2, 0.25) is 0 Å². The van der Waals surface area contributed by atoms with Gasteiger partial charge in [-0.3, -0.25) is 13.9 Å². The Morgan fingerprint density at radius 3 is 1.81 bits per heavy atom. The Hall–Kier alpha value is -0.960. The Bertz CT molecular complexity index is 335. The van der Waals surface area contributed by atoms with Crippen molar-refractivity contribution in [3.8, 4) is 0 Å². The first-order valence-electron chi connectivity index (χ1n) is 4.45. The van der Waals surface area contributed by atoms with Crippen LogP contribution in [0.15, 0.2) is 11.1 Å². The van der Waals surface area contributed by atoms with E-state index in [0.29, 0.717) is 13.0 Å². The lowest BCUT2D eigenvalue weighted by Gasteiger charge is -2.03. The summed E-state index contributed by atoms with van der Waals surface area (Å²) in [4.78, 5) is 10.8. The fourth-order valence-corrected chi connectivity index (χ4v) is 0.898. The van der Waals surface area contributed by atoms with Crippen molar-refractivity contribution in [1.82, 2.24) is 0 Å². The smallest absolute Gasteiger partial charge is 0.366 e. The maximum atomic E-state index is 10.8. The van der Waals surface area contributed by atoms with Crippen molar-refractivity contribution in [2.75, 3.05) is 6.54 Å². The van der Waals surface area contributed by atoms with Gasteiger partial charge in [-0.25, -0.2) is 0 Å². The second-order valence-electron chi connectivity index (χ2n) is 3.18. The van der Waals surface area contributed by atoms with Gasteiger partial charge >= 0.3 is 10.4 Å². The van der Waals surface area contributed by atoms with Gasteiger partial charge in [-0.1, -0.05) is 5.57 Å². The Balaban J connectivity index is 0. The Kier molecular flexibility index (Phi) is 8.96. The zero-order valence-electron chi connectivity index (χ0n) is 9.30. The lowest BCUT2D eigenvalue weighted by molar-refractivity contribution is -0.114. The Morgan fingerprint density at radius 1 is 1.25 bits per heavy atom. The molecule has 0 fully saturated rings. The lowest BCUT2D eigenvalue weighted by Crippen LogP contribution is -2.16. The van der Waals surface area contributed by atoms with Crippen LogP contribution < -0.4 is 11.5 Å². The number of hydrogen-bond donors (Lipinski definition) is 4. The standard InChI is InChI=1S/C8H16N2O.H2O4S/c1-6(2)7(8(10)11)4-3-5-9;1-5(2,3)4/h3-5,9H2,1-2H3,(H2,10,11);(H2,1,2,3,4). The van der Waals surface area contributed by atoms with Crippen LogP contribution in [0.5, 0.6) is 0 Å². The fraction of sp³-hybridized carbons (Fsp3) is 0.625. The third-order valence-electron chi connectivity index (χ3n) is 1.53. The summed E-state index contributed by atoms with van der Waals surface area (Å²) in [5, 5.41) is 0. The first kappa shape index (κ1) is 17.4. The number of carbonyl (C=O) groups is 1. The molecule has 1 amide bonds. The third-order valence-corrected chi connectivity index (χ3v) is 1.53. The zero-order valence-corrected chi connectivity index (χ0v) is 10.1. The van der Waals surface area contributed by atoms with Gasteiger partial charge in [0.2, 0.25) is 5.91 Å². The predicted octanol–water partition coefficient (Wildman–Crippen LogP) is -0.106. The average molecular weight is 254 g/mol. The molecular weight excluding hydrogens is 236 g/mol. The van der Waals surface area contributed by atoms with E-state index in [1.807, 2.05) is 13.8 Å². The van der Waals surface area contributed by atoms with Crippen LogP contribution in [-0.4, -0.2) is 30.0 Å². The van der Waals surface area contributed by atoms with Gasteiger partial charge in [0.15, 0.2) is 0 Å². The lowest BCUT2D eigenvalue weighted by atomic mass is 10.1. The van der Waals surface area contributed by atoms with Crippen molar-refractivity contribution in [3.05, 3.63) is 11.1 Å². The molecule has 0 spiro atoms. The molecule has 0 saturated heterocycles.